The van der Waals surface area contributed by atoms with Crippen LogP contribution in [0.2, 0.25) is 0 Å². The van der Waals surface area contributed by atoms with Crippen molar-refractivity contribution in [3.8, 4) is 0 Å². The number of rotatable bonds is 4. The average molecular weight is 220 g/mol. The second-order valence-corrected chi connectivity index (χ2v) is 3.21. The lowest BCUT2D eigenvalue weighted by molar-refractivity contribution is 0.151. The highest BCUT2D eigenvalue weighted by Crippen LogP contribution is 2.14. The molecule has 0 aromatic carbocycles. The normalized spacial score (nSPS) is 12.6. The molecule has 0 aliphatic carbocycles. The maximum atomic E-state index is 5.94. The quantitative estimate of drug-likeness (QED) is 0.814. The van der Waals surface area contributed by atoms with Crippen LogP contribution in [-0.2, 0) is 11.3 Å². The van der Waals surface area contributed by atoms with Crippen LogP contribution in [0.1, 0.15) is 23.5 Å². The predicted molar refractivity (Wildman–Crippen MR) is 55.3 cm³/mol. The van der Waals surface area contributed by atoms with Crippen LogP contribution in [0.4, 0.5) is 0 Å². The Morgan fingerprint density at radius 2 is 2.38 bits per heavy atom. The van der Waals surface area contributed by atoms with Gasteiger partial charge in [-0.15, -0.1) is 0 Å². The molecule has 16 heavy (non-hydrogen) atoms. The van der Waals surface area contributed by atoms with Gasteiger partial charge in [-0.1, -0.05) is 11.2 Å². The third-order valence-corrected chi connectivity index (χ3v) is 2.04. The number of hydrogen-bond acceptors (Lipinski definition) is 6. The molecule has 0 spiro atoms. The Kier molecular flexibility index (Phi) is 3.23. The number of ether oxygens (including phenoxy) is 1. The van der Waals surface area contributed by atoms with Gasteiger partial charge in [-0.05, 0) is 12.1 Å². The summed E-state index contributed by atoms with van der Waals surface area (Å²) >= 11 is 0. The molecule has 0 fully saturated rings. The minimum Gasteiger partial charge on any atom is -0.375 e. The van der Waals surface area contributed by atoms with Crippen LogP contribution in [0.5, 0.6) is 0 Å². The smallest absolute Gasteiger partial charge is 0.252 e. The van der Waals surface area contributed by atoms with Gasteiger partial charge in [0.1, 0.15) is 12.6 Å². The van der Waals surface area contributed by atoms with E-state index < -0.39 is 6.04 Å². The Labute approximate surface area is 92.4 Å². The van der Waals surface area contributed by atoms with Gasteiger partial charge < -0.3 is 15.0 Å². The number of nitrogens with two attached hydrogens (primary N) is 1. The summed E-state index contributed by atoms with van der Waals surface area (Å²) in [4.78, 5) is 8.24. The van der Waals surface area contributed by atoms with E-state index in [2.05, 4.69) is 15.1 Å². The highest BCUT2D eigenvalue weighted by Gasteiger charge is 2.16. The molecule has 0 bridgehead atoms. The number of aromatic nitrogens is 3. The van der Waals surface area contributed by atoms with Crippen LogP contribution in [-0.4, -0.2) is 22.2 Å². The summed E-state index contributed by atoms with van der Waals surface area (Å²) in [7, 11) is 1.56. The van der Waals surface area contributed by atoms with E-state index in [9.17, 15) is 0 Å². The molecule has 2 rings (SSSR count). The number of methoxy groups -OCH3 is 1. The van der Waals surface area contributed by atoms with Crippen molar-refractivity contribution in [2.24, 2.45) is 5.73 Å². The molecule has 0 unspecified atom stereocenters. The van der Waals surface area contributed by atoms with Gasteiger partial charge in [0.2, 0.25) is 0 Å². The molecule has 0 radical (unpaired) electrons. The fourth-order valence-electron chi connectivity index (χ4n) is 1.27. The lowest BCUT2D eigenvalue weighted by atomic mass is 10.2. The van der Waals surface area contributed by atoms with Gasteiger partial charge in [-0.2, -0.15) is 4.98 Å². The molecule has 0 saturated carbocycles. The summed E-state index contributed by atoms with van der Waals surface area (Å²) in [5.41, 5.74) is 6.64. The molecule has 2 aromatic heterocycles. The van der Waals surface area contributed by atoms with Crippen molar-refractivity contribution in [2.45, 2.75) is 12.6 Å². The SMILES string of the molecule is COCc1nc([C@H](N)c2ccccn2)no1. The first-order valence-electron chi connectivity index (χ1n) is 4.79. The number of pyridine rings is 1. The van der Waals surface area contributed by atoms with E-state index in [4.69, 9.17) is 15.0 Å². The van der Waals surface area contributed by atoms with E-state index in [-0.39, 0.29) is 6.61 Å². The van der Waals surface area contributed by atoms with E-state index in [1.807, 2.05) is 18.2 Å². The number of hydrogen-bond donors (Lipinski definition) is 1. The van der Waals surface area contributed by atoms with Crippen LogP contribution in [0.25, 0.3) is 0 Å². The summed E-state index contributed by atoms with van der Waals surface area (Å²) in [6, 6.07) is 5.02. The predicted octanol–water partition coefficient (Wildman–Crippen LogP) is 0.659. The minimum atomic E-state index is -0.476. The maximum Gasteiger partial charge on any atom is 0.252 e. The van der Waals surface area contributed by atoms with E-state index in [0.717, 1.165) is 0 Å². The van der Waals surface area contributed by atoms with Crippen molar-refractivity contribution in [2.75, 3.05) is 7.11 Å². The zero-order valence-electron chi connectivity index (χ0n) is 8.83. The van der Waals surface area contributed by atoms with Crippen LogP contribution >= 0.6 is 0 Å². The van der Waals surface area contributed by atoms with Crippen molar-refractivity contribution in [3.05, 3.63) is 41.8 Å². The largest absolute Gasteiger partial charge is 0.375 e. The second kappa shape index (κ2) is 4.82. The lowest BCUT2D eigenvalue weighted by Crippen LogP contribution is -2.15. The van der Waals surface area contributed by atoms with Gasteiger partial charge in [-0.25, -0.2) is 0 Å². The molecule has 84 valence electrons. The molecular formula is C10H12N4O2. The van der Waals surface area contributed by atoms with Gasteiger partial charge in [0, 0.05) is 13.3 Å². The molecule has 2 aromatic rings. The molecular weight excluding hydrogens is 208 g/mol. The highest BCUT2D eigenvalue weighted by atomic mass is 16.5. The fourth-order valence-corrected chi connectivity index (χ4v) is 1.27. The molecule has 0 aliphatic rings. The summed E-state index contributed by atoms with van der Waals surface area (Å²) in [6.45, 7) is 0.280. The molecule has 0 aliphatic heterocycles. The highest BCUT2D eigenvalue weighted by molar-refractivity contribution is 5.15. The molecule has 1 atom stereocenters. The monoisotopic (exact) mass is 220 g/mol. The van der Waals surface area contributed by atoms with E-state index in [0.29, 0.717) is 17.4 Å². The second-order valence-electron chi connectivity index (χ2n) is 3.21. The van der Waals surface area contributed by atoms with Crippen LogP contribution in [0.15, 0.2) is 28.9 Å². The molecule has 6 heteroatoms. The molecule has 6 nitrogen and oxygen atoms in total. The van der Waals surface area contributed by atoms with Crippen molar-refractivity contribution in [3.63, 3.8) is 0 Å². The zero-order valence-corrected chi connectivity index (χ0v) is 8.83. The van der Waals surface area contributed by atoms with Crippen molar-refractivity contribution in [1.82, 2.24) is 15.1 Å². The van der Waals surface area contributed by atoms with Crippen molar-refractivity contribution < 1.29 is 9.26 Å². The summed E-state index contributed by atoms with van der Waals surface area (Å²) in [5, 5.41) is 3.78. The van der Waals surface area contributed by atoms with Gasteiger partial charge in [0.05, 0.1) is 5.69 Å². The van der Waals surface area contributed by atoms with E-state index in [1.165, 1.54) is 0 Å². The Balaban J connectivity index is 2.17. The maximum absolute atomic E-state index is 5.94. The first-order valence-corrected chi connectivity index (χ1v) is 4.79. The fraction of sp³-hybridized carbons (Fsp3) is 0.300. The molecule has 2 N–H and O–H groups in total. The van der Waals surface area contributed by atoms with Gasteiger partial charge in [-0.3, -0.25) is 4.98 Å². The zero-order chi connectivity index (χ0) is 11.4. The summed E-state index contributed by atoms with van der Waals surface area (Å²) in [5.74, 6) is 0.814. The topological polar surface area (TPSA) is 87.1 Å². The van der Waals surface area contributed by atoms with Gasteiger partial charge in [0.25, 0.3) is 5.89 Å². The average Bonchev–Trinajstić information content (AvgIpc) is 2.78. The Morgan fingerprint density at radius 3 is 3.06 bits per heavy atom. The van der Waals surface area contributed by atoms with Gasteiger partial charge >= 0.3 is 0 Å². The summed E-state index contributed by atoms with van der Waals surface area (Å²) in [6.07, 6.45) is 1.67. The molecule has 2 heterocycles. The van der Waals surface area contributed by atoms with Crippen LogP contribution < -0.4 is 5.73 Å². The number of nitrogens with zero attached hydrogens (tertiary/aromatic N) is 3. The first-order chi connectivity index (χ1) is 7.81. The third-order valence-electron chi connectivity index (χ3n) is 2.04. The Bertz CT molecular complexity index is 443. The minimum absolute atomic E-state index is 0.280. The third kappa shape index (κ3) is 2.23. The van der Waals surface area contributed by atoms with Crippen LogP contribution in [0.3, 0.4) is 0 Å². The molecule has 0 saturated heterocycles. The van der Waals surface area contributed by atoms with Crippen LogP contribution in [0, 0.1) is 0 Å². The Hall–Kier alpha value is -1.79. The first kappa shape index (κ1) is 10.7. The van der Waals surface area contributed by atoms with E-state index >= 15 is 0 Å². The van der Waals surface area contributed by atoms with Crippen molar-refractivity contribution >= 4 is 0 Å². The molecule has 0 amide bonds. The van der Waals surface area contributed by atoms with E-state index in [1.54, 1.807) is 13.3 Å². The standard InChI is InChI=1S/C10H12N4O2/c1-15-6-8-13-10(14-16-8)9(11)7-4-2-3-5-12-7/h2-5,9H,6,11H2,1H3/t9-/m1/s1. The van der Waals surface area contributed by atoms with Crippen molar-refractivity contribution in [1.29, 1.82) is 0 Å². The van der Waals surface area contributed by atoms with Gasteiger partial charge in [0.15, 0.2) is 5.82 Å². The lowest BCUT2D eigenvalue weighted by Gasteiger charge is -2.04. The summed E-state index contributed by atoms with van der Waals surface area (Å²) < 4.78 is 9.83. The Morgan fingerprint density at radius 1 is 1.50 bits per heavy atom.